The molecule has 5 heterocycles. The first-order valence-electron chi connectivity index (χ1n) is 16.2. The number of nitrogens with one attached hydrogen (secondary N) is 1. The Kier molecular flexibility index (Phi) is 8.56. The third-order valence-electron chi connectivity index (χ3n) is 10.2. The van der Waals surface area contributed by atoms with Crippen LogP contribution >= 0.6 is 0 Å². The van der Waals surface area contributed by atoms with E-state index in [1.807, 2.05) is 0 Å². The molecule has 0 aromatic rings. The predicted molar refractivity (Wildman–Crippen MR) is 175 cm³/mol. The fourth-order valence-electron chi connectivity index (χ4n) is 7.86. The molecule has 5 aliphatic heterocycles. The minimum atomic E-state index is -4.96. The topological polar surface area (TPSA) is 116 Å². The second-order valence-electron chi connectivity index (χ2n) is 13.1. The Hall–Kier alpha value is -4.46. The molecule has 6 aliphatic rings. The number of hydrogen-bond donors (Lipinski definition) is 3. The summed E-state index contributed by atoms with van der Waals surface area (Å²) >= 11 is 0. The van der Waals surface area contributed by atoms with Gasteiger partial charge < -0.3 is 20.3 Å². The average molecular weight is 703 g/mol. The summed E-state index contributed by atoms with van der Waals surface area (Å²) in [6.07, 6.45) is -10.1. The van der Waals surface area contributed by atoms with E-state index in [-0.39, 0.29) is 99.1 Å². The van der Waals surface area contributed by atoms with Gasteiger partial charge in [0.1, 0.15) is 16.9 Å². The number of aliphatic hydroxyl groups is 2. The van der Waals surface area contributed by atoms with Gasteiger partial charge in [-0.1, -0.05) is 13.8 Å². The summed E-state index contributed by atoms with van der Waals surface area (Å²) in [5, 5.41) is 25.0. The second kappa shape index (κ2) is 12.1. The molecule has 1 saturated heterocycles. The maximum atomic E-state index is 15.3. The van der Waals surface area contributed by atoms with E-state index in [9.17, 15) is 15.0 Å². The van der Waals surface area contributed by atoms with E-state index < -0.39 is 58.8 Å². The van der Waals surface area contributed by atoms with Gasteiger partial charge in [-0.3, -0.25) is 4.79 Å². The summed E-state index contributed by atoms with van der Waals surface area (Å²) < 4.78 is 96.4. The quantitative estimate of drug-likeness (QED) is 0.199. The SMILES string of the molecule is CCC1=C(C)C2=NC1=C(C(F)(F)F)C1=C(C)C3=C(O)CC(=C4NC(=C(C(F)(F)F)C5=NC(=C2)C(C(C)O)=C5C)[C@@H](C)[C@@H]4CCC(=O)OC)C3=N1. The standard InChI is InChI=1S/C36H36F6N4O4/c1-8-18-13(2)21-12-22-25(17(6)47)15(4)30(44-22)27(35(37,38)39)29-14(3)19(9-10-24(49)50-7)32(45-29)20-11-23(48)26-16(5)31(46-33(20)26)28(34(18)43-21)36(40,41)42/h12,14,17,19,45,47-48H,8-11H2,1-7H3/t14-,17?,19-/m0/s1. The first-order chi connectivity index (χ1) is 23.3. The van der Waals surface area contributed by atoms with Gasteiger partial charge in [0.15, 0.2) is 0 Å². The number of aliphatic hydroxyl groups excluding tert-OH is 2. The van der Waals surface area contributed by atoms with Crippen LogP contribution in [0.2, 0.25) is 0 Å². The van der Waals surface area contributed by atoms with E-state index in [0.29, 0.717) is 5.57 Å². The molecule has 0 aromatic carbocycles. The van der Waals surface area contributed by atoms with Crippen molar-refractivity contribution in [3.05, 3.63) is 90.5 Å². The molecule has 14 heteroatoms. The fraction of sp³-hybridized carbons (Fsp3) is 0.444. The molecule has 3 N–H and O–H groups in total. The molecular formula is C36H36F6N4O4. The third-order valence-corrected chi connectivity index (χ3v) is 10.2. The Morgan fingerprint density at radius 3 is 2.22 bits per heavy atom. The number of carbonyl (C=O) groups excluding carboxylic acids is 1. The molecule has 3 atom stereocenters. The lowest BCUT2D eigenvalue weighted by Crippen LogP contribution is -2.27. The van der Waals surface area contributed by atoms with Crippen molar-refractivity contribution in [1.29, 1.82) is 0 Å². The van der Waals surface area contributed by atoms with Crippen LogP contribution in [0.3, 0.4) is 0 Å². The Morgan fingerprint density at radius 2 is 1.64 bits per heavy atom. The Labute approximate surface area is 284 Å². The number of nitrogens with zero attached hydrogens (tertiary/aromatic N) is 3. The Bertz CT molecular complexity index is 1990. The van der Waals surface area contributed by atoms with Crippen molar-refractivity contribution in [1.82, 2.24) is 5.32 Å². The number of carbonyl (C=O) groups is 1. The zero-order chi connectivity index (χ0) is 36.8. The summed E-state index contributed by atoms with van der Waals surface area (Å²) in [4.78, 5) is 25.6. The van der Waals surface area contributed by atoms with E-state index in [0.717, 1.165) is 0 Å². The van der Waals surface area contributed by atoms with E-state index in [1.54, 1.807) is 20.8 Å². The van der Waals surface area contributed by atoms with Gasteiger partial charge in [0, 0.05) is 52.8 Å². The lowest BCUT2D eigenvalue weighted by Gasteiger charge is -2.20. The zero-order valence-corrected chi connectivity index (χ0v) is 28.5. The maximum Gasteiger partial charge on any atom is 0.420 e. The van der Waals surface area contributed by atoms with Crippen LogP contribution in [0.15, 0.2) is 105 Å². The minimum Gasteiger partial charge on any atom is -0.511 e. The highest BCUT2D eigenvalue weighted by Gasteiger charge is 2.50. The van der Waals surface area contributed by atoms with Gasteiger partial charge in [0.25, 0.3) is 0 Å². The van der Waals surface area contributed by atoms with Crippen LogP contribution in [-0.4, -0.2) is 58.9 Å². The summed E-state index contributed by atoms with van der Waals surface area (Å²) in [6, 6.07) is 0. The molecule has 8 nitrogen and oxygen atoms in total. The molecule has 0 aromatic heterocycles. The first kappa shape index (κ1) is 35.4. The highest BCUT2D eigenvalue weighted by molar-refractivity contribution is 6.22. The first-order valence-corrected chi connectivity index (χ1v) is 16.2. The fourth-order valence-corrected chi connectivity index (χ4v) is 7.86. The van der Waals surface area contributed by atoms with Crippen molar-refractivity contribution in [2.75, 3.05) is 7.11 Å². The van der Waals surface area contributed by atoms with Gasteiger partial charge in [0.05, 0.1) is 47.4 Å². The molecule has 1 unspecified atom stereocenters. The van der Waals surface area contributed by atoms with Crippen molar-refractivity contribution >= 4 is 23.1 Å². The van der Waals surface area contributed by atoms with Gasteiger partial charge in [0.2, 0.25) is 0 Å². The van der Waals surface area contributed by atoms with Gasteiger partial charge in [-0.05, 0) is 68.9 Å². The van der Waals surface area contributed by atoms with Crippen molar-refractivity contribution in [3.63, 3.8) is 0 Å². The van der Waals surface area contributed by atoms with Gasteiger partial charge in [-0.25, -0.2) is 15.0 Å². The molecular weight excluding hydrogens is 666 g/mol. The average Bonchev–Trinajstić information content (AvgIpc) is 3.77. The maximum absolute atomic E-state index is 15.3. The Morgan fingerprint density at radius 1 is 0.980 bits per heavy atom. The van der Waals surface area contributed by atoms with E-state index in [4.69, 9.17) is 4.74 Å². The molecule has 50 heavy (non-hydrogen) atoms. The number of methoxy groups -OCH3 is 1. The molecule has 1 aliphatic carbocycles. The number of aliphatic imine (C=N–C) groups is 3. The largest absolute Gasteiger partial charge is 0.511 e. The molecule has 0 amide bonds. The predicted octanol–water partition coefficient (Wildman–Crippen LogP) is 7.86. The lowest BCUT2D eigenvalue weighted by molar-refractivity contribution is -0.140. The van der Waals surface area contributed by atoms with Crippen molar-refractivity contribution in [2.45, 2.75) is 85.7 Å². The van der Waals surface area contributed by atoms with Crippen LogP contribution in [0.5, 0.6) is 0 Å². The number of esters is 1. The van der Waals surface area contributed by atoms with Crippen LogP contribution in [-0.2, 0) is 9.53 Å². The minimum absolute atomic E-state index is 0.0193. The number of fused-ring (bicyclic) bond motifs is 5. The summed E-state index contributed by atoms with van der Waals surface area (Å²) in [5.41, 5.74) is -2.37. The van der Waals surface area contributed by atoms with Crippen molar-refractivity contribution in [2.24, 2.45) is 26.8 Å². The van der Waals surface area contributed by atoms with Crippen LogP contribution in [0.4, 0.5) is 26.3 Å². The zero-order valence-electron chi connectivity index (χ0n) is 28.5. The van der Waals surface area contributed by atoms with Crippen LogP contribution < -0.4 is 5.32 Å². The third kappa shape index (κ3) is 5.42. The van der Waals surface area contributed by atoms with Crippen molar-refractivity contribution in [3.8, 4) is 0 Å². The number of hydrogen-bond acceptors (Lipinski definition) is 8. The number of halogens is 6. The van der Waals surface area contributed by atoms with Crippen LogP contribution in [0.25, 0.3) is 0 Å². The molecule has 8 bridgehead atoms. The second-order valence-corrected chi connectivity index (χ2v) is 13.1. The Balaban J connectivity index is 1.77. The summed E-state index contributed by atoms with van der Waals surface area (Å²) in [5.74, 6) is -2.54. The summed E-state index contributed by atoms with van der Waals surface area (Å²) in [7, 11) is 1.19. The summed E-state index contributed by atoms with van der Waals surface area (Å²) in [6.45, 7) is 9.02. The highest BCUT2D eigenvalue weighted by atomic mass is 19.4. The number of alkyl halides is 6. The smallest absolute Gasteiger partial charge is 0.420 e. The molecule has 0 saturated carbocycles. The van der Waals surface area contributed by atoms with Gasteiger partial charge >= 0.3 is 18.3 Å². The normalized spacial score (nSPS) is 24.5. The van der Waals surface area contributed by atoms with E-state index in [1.165, 1.54) is 34.0 Å². The van der Waals surface area contributed by atoms with Crippen LogP contribution in [0.1, 0.15) is 67.2 Å². The highest BCUT2D eigenvalue weighted by Crippen LogP contribution is 2.51. The molecule has 266 valence electrons. The molecule has 0 radical (unpaired) electrons. The lowest BCUT2D eigenvalue weighted by atomic mass is 9.84. The van der Waals surface area contributed by atoms with Crippen LogP contribution in [0, 0.1) is 11.8 Å². The molecule has 1 fully saturated rings. The number of allylic oxidation sites excluding steroid dienone is 11. The van der Waals surface area contributed by atoms with E-state index in [2.05, 4.69) is 20.3 Å². The molecule has 0 spiro atoms. The van der Waals surface area contributed by atoms with Crippen molar-refractivity contribution < 1.29 is 46.1 Å². The molecule has 6 rings (SSSR count). The van der Waals surface area contributed by atoms with E-state index >= 15 is 26.3 Å². The van der Waals surface area contributed by atoms with Gasteiger partial charge in [-0.2, -0.15) is 26.3 Å². The number of ether oxygens (including phenoxy) is 1. The number of rotatable bonds is 5. The monoisotopic (exact) mass is 702 g/mol. The van der Waals surface area contributed by atoms with Gasteiger partial charge in [-0.15, -0.1) is 0 Å².